The standard InChI is InChI=1S/C19H20N4O3/c24-18-13-26-17-12-22(19(25)15-7-4-9-20-21-15)11-16(17)23(18)10-8-14-5-2-1-3-6-14/h1-7,9,16-17H,8,10-13H2/t16-,17-/m0/s1. The Morgan fingerprint density at radius 2 is 2.00 bits per heavy atom. The van der Waals surface area contributed by atoms with Crippen LogP contribution in [0.4, 0.5) is 0 Å². The molecule has 1 aromatic heterocycles. The number of amides is 2. The molecule has 7 heteroatoms. The second kappa shape index (κ2) is 7.21. The number of hydrogen-bond donors (Lipinski definition) is 0. The average molecular weight is 352 g/mol. The van der Waals surface area contributed by atoms with E-state index in [-0.39, 0.29) is 30.6 Å². The summed E-state index contributed by atoms with van der Waals surface area (Å²) >= 11 is 0. The Hall–Kier alpha value is -2.80. The predicted octanol–water partition coefficient (Wildman–Crippen LogP) is 0.771. The number of ether oxygens (including phenoxy) is 1. The summed E-state index contributed by atoms with van der Waals surface area (Å²) in [6, 6.07) is 13.3. The van der Waals surface area contributed by atoms with Gasteiger partial charge < -0.3 is 14.5 Å². The van der Waals surface area contributed by atoms with Crippen molar-refractivity contribution in [3.05, 3.63) is 59.9 Å². The van der Waals surface area contributed by atoms with Crippen LogP contribution < -0.4 is 0 Å². The van der Waals surface area contributed by atoms with Gasteiger partial charge in [0.25, 0.3) is 5.91 Å². The first kappa shape index (κ1) is 16.7. The second-order valence-electron chi connectivity index (χ2n) is 6.56. The minimum atomic E-state index is -0.174. The Morgan fingerprint density at radius 1 is 1.15 bits per heavy atom. The Kier molecular flexibility index (Phi) is 4.62. The number of benzene rings is 1. The first-order chi connectivity index (χ1) is 12.7. The molecule has 7 nitrogen and oxygen atoms in total. The molecule has 0 N–H and O–H groups in total. The van der Waals surface area contributed by atoms with E-state index < -0.39 is 0 Å². The largest absolute Gasteiger partial charge is 0.364 e. The van der Waals surface area contributed by atoms with Crippen molar-refractivity contribution in [2.24, 2.45) is 0 Å². The van der Waals surface area contributed by atoms with Gasteiger partial charge in [0.05, 0.1) is 12.1 Å². The highest BCUT2D eigenvalue weighted by molar-refractivity contribution is 5.92. The highest BCUT2D eigenvalue weighted by Crippen LogP contribution is 2.25. The number of rotatable bonds is 4. The number of likely N-dealkylation sites (tertiary alicyclic amines) is 1. The van der Waals surface area contributed by atoms with Crippen LogP contribution in [0.2, 0.25) is 0 Å². The van der Waals surface area contributed by atoms with Gasteiger partial charge >= 0.3 is 0 Å². The van der Waals surface area contributed by atoms with Crippen molar-refractivity contribution in [1.82, 2.24) is 20.0 Å². The van der Waals surface area contributed by atoms with Gasteiger partial charge in [-0.05, 0) is 24.1 Å². The molecule has 0 aliphatic carbocycles. The van der Waals surface area contributed by atoms with Crippen LogP contribution in [0, 0.1) is 0 Å². The molecule has 2 atom stereocenters. The first-order valence-electron chi connectivity index (χ1n) is 8.74. The van der Waals surface area contributed by atoms with Crippen molar-refractivity contribution in [1.29, 1.82) is 0 Å². The van der Waals surface area contributed by atoms with Gasteiger partial charge in [0.1, 0.15) is 6.61 Å². The van der Waals surface area contributed by atoms with E-state index in [0.29, 0.717) is 25.3 Å². The molecule has 26 heavy (non-hydrogen) atoms. The smallest absolute Gasteiger partial charge is 0.274 e. The summed E-state index contributed by atoms with van der Waals surface area (Å²) in [6.45, 7) is 1.62. The van der Waals surface area contributed by atoms with Gasteiger partial charge in [0, 0.05) is 25.8 Å². The van der Waals surface area contributed by atoms with Crippen LogP contribution in [0.15, 0.2) is 48.7 Å². The van der Waals surface area contributed by atoms with Gasteiger partial charge in [0.2, 0.25) is 5.91 Å². The van der Waals surface area contributed by atoms with Gasteiger partial charge in [-0.2, -0.15) is 5.10 Å². The summed E-state index contributed by atoms with van der Waals surface area (Å²) in [4.78, 5) is 28.6. The lowest BCUT2D eigenvalue weighted by atomic mass is 10.1. The maximum Gasteiger partial charge on any atom is 0.274 e. The van der Waals surface area contributed by atoms with Gasteiger partial charge in [-0.1, -0.05) is 30.3 Å². The van der Waals surface area contributed by atoms with Crippen molar-refractivity contribution >= 4 is 11.8 Å². The molecule has 0 spiro atoms. The molecular formula is C19H20N4O3. The zero-order valence-electron chi connectivity index (χ0n) is 14.3. The number of nitrogens with zero attached hydrogens (tertiary/aromatic N) is 4. The SMILES string of the molecule is O=C(c1cccnn1)N1C[C@@H]2OCC(=O)N(CCc3ccccc3)[C@H]2C1. The van der Waals surface area contributed by atoms with E-state index in [4.69, 9.17) is 4.74 Å². The molecule has 2 aliphatic rings. The number of aromatic nitrogens is 2. The summed E-state index contributed by atoms with van der Waals surface area (Å²) in [7, 11) is 0. The number of hydrogen-bond acceptors (Lipinski definition) is 5. The van der Waals surface area contributed by atoms with Crippen molar-refractivity contribution in [2.75, 3.05) is 26.2 Å². The summed E-state index contributed by atoms with van der Waals surface area (Å²) in [5.41, 5.74) is 1.50. The summed E-state index contributed by atoms with van der Waals surface area (Å²) in [6.07, 6.45) is 2.17. The zero-order chi connectivity index (χ0) is 17.9. The van der Waals surface area contributed by atoms with Crippen LogP contribution in [0.1, 0.15) is 16.1 Å². The number of fused-ring (bicyclic) bond motifs is 1. The number of carbonyl (C=O) groups excluding carboxylic acids is 2. The number of carbonyl (C=O) groups is 2. The number of morpholine rings is 1. The molecule has 0 radical (unpaired) electrons. The van der Waals surface area contributed by atoms with Crippen LogP contribution in [-0.2, 0) is 16.0 Å². The van der Waals surface area contributed by atoms with E-state index in [1.807, 2.05) is 23.1 Å². The fourth-order valence-electron chi connectivity index (χ4n) is 3.59. The van der Waals surface area contributed by atoms with E-state index in [9.17, 15) is 9.59 Å². The van der Waals surface area contributed by atoms with Crippen LogP contribution in [0.25, 0.3) is 0 Å². The van der Waals surface area contributed by atoms with Gasteiger partial charge in [-0.3, -0.25) is 9.59 Å². The fraction of sp³-hybridized carbons (Fsp3) is 0.368. The van der Waals surface area contributed by atoms with Crippen LogP contribution >= 0.6 is 0 Å². The molecule has 0 bridgehead atoms. The lowest BCUT2D eigenvalue weighted by Gasteiger charge is -2.36. The average Bonchev–Trinajstić information content (AvgIpc) is 3.12. The third-order valence-electron chi connectivity index (χ3n) is 4.94. The molecule has 2 aliphatic heterocycles. The van der Waals surface area contributed by atoms with E-state index >= 15 is 0 Å². The maximum atomic E-state index is 12.6. The van der Waals surface area contributed by atoms with Gasteiger partial charge in [-0.25, -0.2) is 0 Å². The Balaban J connectivity index is 1.45. The monoisotopic (exact) mass is 352 g/mol. The van der Waals surface area contributed by atoms with Crippen molar-refractivity contribution < 1.29 is 14.3 Å². The maximum absolute atomic E-state index is 12.6. The van der Waals surface area contributed by atoms with Crippen LogP contribution in [-0.4, -0.2) is 70.2 Å². The van der Waals surface area contributed by atoms with Gasteiger partial charge in [0.15, 0.2) is 5.69 Å². The third-order valence-corrected chi connectivity index (χ3v) is 4.94. The molecule has 4 rings (SSSR count). The fourth-order valence-corrected chi connectivity index (χ4v) is 3.59. The van der Waals surface area contributed by atoms with Crippen molar-refractivity contribution in [3.8, 4) is 0 Å². The van der Waals surface area contributed by atoms with Crippen LogP contribution in [0.5, 0.6) is 0 Å². The summed E-state index contributed by atoms with van der Waals surface area (Å²) < 4.78 is 5.69. The van der Waals surface area contributed by atoms with Crippen molar-refractivity contribution in [2.45, 2.75) is 18.6 Å². The van der Waals surface area contributed by atoms with E-state index in [2.05, 4.69) is 22.3 Å². The highest BCUT2D eigenvalue weighted by atomic mass is 16.5. The molecule has 3 heterocycles. The second-order valence-corrected chi connectivity index (χ2v) is 6.56. The third kappa shape index (κ3) is 3.30. The molecular weight excluding hydrogens is 332 g/mol. The molecule has 0 saturated carbocycles. The minimum absolute atomic E-state index is 0.0176. The lowest BCUT2D eigenvalue weighted by molar-refractivity contribution is -0.152. The lowest BCUT2D eigenvalue weighted by Crippen LogP contribution is -2.54. The van der Waals surface area contributed by atoms with E-state index in [0.717, 1.165) is 6.42 Å². The van der Waals surface area contributed by atoms with E-state index in [1.54, 1.807) is 17.0 Å². The highest BCUT2D eigenvalue weighted by Gasteiger charge is 2.44. The Labute approximate surface area is 151 Å². The molecule has 2 amide bonds. The minimum Gasteiger partial charge on any atom is -0.364 e. The Bertz CT molecular complexity index is 784. The molecule has 134 valence electrons. The quantitative estimate of drug-likeness (QED) is 0.812. The topological polar surface area (TPSA) is 75.6 Å². The first-order valence-corrected chi connectivity index (χ1v) is 8.74. The predicted molar refractivity (Wildman–Crippen MR) is 93.3 cm³/mol. The van der Waals surface area contributed by atoms with E-state index in [1.165, 1.54) is 11.8 Å². The van der Waals surface area contributed by atoms with Crippen LogP contribution in [0.3, 0.4) is 0 Å². The van der Waals surface area contributed by atoms with Gasteiger partial charge in [-0.15, -0.1) is 5.10 Å². The summed E-state index contributed by atoms with van der Waals surface area (Å²) in [5, 5.41) is 7.65. The molecule has 2 fully saturated rings. The molecule has 2 saturated heterocycles. The van der Waals surface area contributed by atoms with Crippen molar-refractivity contribution in [3.63, 3.8) is 0 Å². The zero-order valence-corrected chi connectivity index (χ0v) is 14.3. The summed E-state index contributed by atoms with van der Waals surface area (Å²) in [5.74, 6) is -0.192. The molecule has 2 aromatic rings. The molecule has 0 unspecified atom stereocenters. The Morgan fingerprint density at radius 3 is 2.77 bits per heavy atom. The normalized spacial score (nSPS) is 22.4. The molecule has 1 aromatic carbocycles.